The highest BCUT2D eigenvalue weighted by molar-refractivity contribution is 6.76. The van der Waals surface area contributed by atoms with E-state index in [2.05, 4.69) is 40.7 Å². The number of rotatable bonds is 6. The van der Waals surface area contributed by atoms with Crippen molar-refractivity contribution in [2.24, 2.45) is 0 Å². The number of ether oxygens (including phenoxy) is 1. The SMILES string of the molecule is C[Si](C)(C)CCOCn1cc(-c2ccc3ncc(N)cc3c2)c2c(Cl)ncnc21. The van der Waals surface area contributed by atoms with Crippen LogP contribution in [0.3, 0.4) is 0 Å². The molecule has 3 aromatic heterocycles. The number of hydrogen-bond acceptors (Lipinski definition) is 5. The quantitative estimate of drug-likeness (QED) is 0.261. The Morgan fingerprint density at radius 3 is 2.76 bits per heavy atom. The van der Waals surface area contributed by atoms with Gasteiger partial charge >= 0.3 is 0 Å². The van der Waals surface area contributed by atoms with Crippen molar-refractivity contribution in [2.45, 2.75) is 32.4 Å². The second-order valence-corrected chi connectivity index (χ2v) is 14.4. The van der Waals surface area contributed by atoms with Gasteiger partial charge < -0.3 is 15.0 Å². The third kappa shape index (κ3) is 4.27. The zero-order valence-corrected chi connectivity index (χ0v) is 18.6. The first-order chi connectivity index (χ1) is 13.8. The number of benzene rings is 1. The third-order valence-corrected chi connectivity index (χ3v) is 6.84. The maximum Gasteiger partial charge on any atom is 0.147 e. The van der Waals surface area contributed by atoms with Gasteiger partial charge in [-0.3, -0.25) is 4.98 Å². The van der Waals surface area contributed by atoms with E-state index in [1.54, 1.807) is 6.20 Å². The number of nitrogens with two attached hydrogens (primary N) is 1. The van der Waals surface area contributed by atoms with Gasteiger partial charge in [0, 0.05) is 31.8 Å². The molecule has 0 saturated heterocycles. The number of aromatic nitrogens is 4. The van der Waals surface area contributed by atoms with Gasteiger partial charge in [-0.05, 0) is 29.8 Å². The van der Waals surface area contributed by atoms with E-state index in [0.29, 0.717) is 17.6 Å². The zero-order valence-electron chi connectivity index (χ0n) is 16.8. The predicted molar refractivity (Wildman–Crippen MR) is 122 cm³/mol. The molecule has 0 aliphatic rings. The maximum absolute atomic E-state index is 6.46. The van der Waals surface area contributed by atoms with E-state index >= 15 is 0 Å². The summed E-state index contributed by atoms with van der Waals surface area (Å²) in [5, 5.41) is 2.22. The highest BCUT2D eigenvalue weighted by atomic mass is 35.5. The summed E-state index contributed by atoms with van der Waals surface area (Å²) >= 11 is 6.46. The number of nitrogens with zero attached hydrogens (tertiary/aromatic N) is 4. The predicted octanol–water partition coefficient (Wildman–Crippen LogP) is 5.19. The molecule has 0 aliphatic heterocycles. The van der Waals surface area contributed by atoms with Gasteiger partial charge in [0.25, 0.3) is 0 Å². The standard InChI is InChI=1S/C21H24ClN5OSi/c1-29(2,3)7-6-28-13-27-11-17(19-20(22)25-12-26-21(19)27)14-4-5-18-15(8-14)9-16(23)10-24-18/h4-5,8-12H,6-7,13,23H2,1-3H3. The summed E-state index contributed by atoms with van der Waals surface area (Å²) in [6.07, 6.45) is 5.18. The summed E-state index contributed by atoms with van der Waals surface area (Å²) in [6, 6.07) is 9.11. The lowest BCUT2D eigenvalue weighted by Gasteiger charge is -2.15. The molecule has 4 rings (SSSR count). The Morgan fingerprint density at radius 1 is 1.14 bits per heavy atom. The monoisotopic (exact) mass is 425 g/mol. The van der Waals surface area contributed by atoms with Gasteiger partial charge in [0.2, 0.25) is 0 Å². The smallest absolute Gasteiger partial charge is 0.147 e. The minimum atomic E-state index is -1.13. The molecule has 6 nitrogen and oxygen atoms in total. The summed E-state index contributed by atoms with van der Waals surface area (Å²) < 4.78 is 7.94. The van der Waals surface area contributed by atoms with Gasteiger partial charge in [0.15, 0.2) is 0 Å². The summed E-state index contributed by atoms with van der Waals surface area (Å²) in [5.41, 5.74) is 10.2. The molecular formula is C21H24ClN5OSi. The summed E-state index contributed by atoms with van der Waals surface area (Å²) in [4.78, 5) is 13.0. The van der Waals surface area contributed by atoms with Crippen molar-refractivity contribution in [1.82, 2.24) is 19.5 Å². The van der Waals surface area contributed by atoms with E-state index in [1.165, 1.54) is 6.33 Å². The highest BCUT2D eigenvalue weighted by Crippen LogP contribution is 2.35. The third-order valence-electron chi connectivity index (χ3n) is 4.85. The van der Waals surface area contributed by atoms with Crippen LogP contribution in [0.2, 0.25) is 30.8 Å². The highest BCUT2D eigenvalue weighted by Gasteiger charge is 2.17. The van der Waals surface area contributed by atoms with Crippen molar-refractivity contribution >= 4 is 47.3 Å². The molecule has 3 heterocycles. The first-order valence-electron chi connectivity index (χ1n) is 9.54. The number of hydrogen-bond donors (Lipinski definition) is 1. The van der Waals surface area contributed by atoms with Crippen molar-refractivity contribution < 1.29 is 4.74 Å². The minimum absolute atomic E-state index is 0.427. The molecule has 0 fully saturated rings. The fourth-order valence-electron chi connectivity index (χ4n) is 3.26. The lowest BCUT2D eigenvalue weighted by Crippen LogP contribution is -2.22. The molecule has 0 atom stereocenters. The van der Waals surface area contributed by atoms with Crippen molar-refractivity contribution in [1.29, 1.82) is 0 Å². The Balaban J connectivity index is 1.73. The first kappa shape index (κ1) is 19.8. The largest absolute Gasteiger partial charge is 0.397 e. The van der Waals surface area contributed by atoms with Crippen LogP contribution in [0.1, 0.15) is 0 Å². The lowest BCUT2D eigenvalue weighted by atomic mass is 10.0. The van der Waals surface area contributed by atoms with Crippen LogP contribution < -0.4 is 5.73 Å². The number of halogens is 1. The molecule has 0 bridgehead atoms. The second kappa shape index (κ2) is 7.74. The van der Waals surface area contributed by atoms with E-state index in [1.807, 2.05) is 29.0 Å². The van der Waals surface area contributed by atoms with Gasteiger partial charge in [-0.2, -0.15) is 0 Å². The van der Waals surface area contributed by atoms with Crippen LogP contribution in [-0.4, -0.2) is 34.2 Å². The van der Waals surface area contributed by atoms with Crippen molar-refractivity contribution in [3.05, 3.63) is 48.1 Å². The molecule has 0 saturated carbocycles. The van der Waals surface area contributed by atoms with Gasteiger partial charge in [0.05, 0.1) is 22.8 Å². The normalized spacial score (nSPS) is 12.1. The number of nitrogen functional groups attached to an aromatic ring is 1. The van der Waals surface area contributed by atoms with Crippen LogP contribution in [0.25, 0.3) is 33.1 Å². The van der Waals surface area contributed by atoms with Crippen molar-refractivity contribution in [3.8, 4) is 11.1 Å². The molecule has 0 aliphatic carbocycles. The van der Waals surface area contributed by atoms with E-state index in [9.17, 15) is 0 Å². The number of anilines is 1. The minimum Gasteiger partial charge on any atom is -0.397 e. The Kier molecular flexibility index (Phi) is 5.29. The zero-order chi connectivity index (χ0) is 20.6. The molecule has 0 amide bonds. The molecule has 29 heavy (non-hydrogen) atoms. The second-order valence-electron chi connectivity index (χ2n) is 8.40. The molecule has 8 heteroatoms. The Morgan fingerprint density at radius 2 is 1.97 bits per heavy atom. The number of pyridine rings is 1. The van der Waals surface area contributed by atoms with E-state index in [-0.39, 0.29) is 0 Å². The van der Waals surface area contributed by atoms with Crippen LogP contribution in [0.15, 0.2) is 43.0 Å². The summed E-state index contributed by atoms with van der Waals surface area (Å²) in [6.45, 7) is 8.19. The van der Waals surface area contributed by atoms with Crippen molar-refractivity contribution in [2.75, 3.05) is 12.3 Å². The molecule has 1 aromatic carbocycles. The average Bonchev–Trinajstić information content (AvgIpc) is 3.04. The molecule has 0 radical (unpaired) electrons. The van der Waals surface area contributed by atoms with Crippen LogP contribution in [0, 0.1) is 0 Å². The summed E-state index contributed by atoms with van der Waals surface area (Å²) in [5.74, 6) is 0. The molecule has 150 valence electrons. The van der Waals surface area contributed by atoms with Crippen LogP contribution in [0.4, 0.5) is 5.69 Å². The lowest BCUT2D eigenvalue weighted by molar-refractivity contribution is 0.0899. The van der Waals surface area contributed by atoms with Crippen molar-refractivity contribution in [3.63, 3.8) is 0 Å². The molecule has 2 N–H and O–H groups in total. The summed E-state index contributed by atoms with van der Waals surface area (Å²) in [7, 11) is -1.13. The van der Waals surface area contributed by atoms with Gasteiger partial charge in [-0.25, -0.2) is 9.97 Å². The van der Waals surface area contributed by atoms with Gasteiger partial charge in [-0.15, -0.1) is 0 Å². The van der Waals surface area contributed by atoms with E-state index < -0.39 is 8.07 Å². The molecular weight excluding hydrogens is 402 g/mol. The maximum atomic E-state index is 6.46. The first-order valence-corrected chi connectivity index (χ1v) is 13.6. The van der Waals surface area contributed by atoms with E-state index in [0.717, 1.165) is 45.7 Å². The van der Waals surface area contributed by atoms with Gasteiger partial charge in [-0.1, -0.05) is 37.3 Å². The molecule has 4 aromatic rings. The van der Waals surface area contributed by atoms with E-state index in [4.69, 9.17) is 22.1 Å². The van der Waals surface area contributed by atoms with Gasteiger partial charge in [0.1, 0.15) is 23.9 Å². The Hall–Kier alpha value is -2.48. The van der Waals surface area contributed by atoms with Crippen LogP contribution in [-0.2, 0) is 11.5 Å². The molecule has 0 unspecified atom stereocenters. The van der Waals surface area contributed by atoms with Crippen LogP contribution in [0.5, 0.6) is 0 Å². The fourth-order valence-corrected chi connectivity index (χ4v) is 4.25. The number of fused-ring (bicyclic) bond motifs is 2. The average molecular weight is 426 g/mol. The van der Waals surface area contributed by atoms with Crippen LogP contribution >= 0.6 is 11.6 Å². The Bertz CT molecular complexity index is 1190. The molecule has 0 spiro atoms. The topological polar surface area (TPSA) is 78.9 Å². The Labute approximate surface area is 175 Å². The fraction of sp³-hybridized carbons (Fsp3) is 0.286.